The minimum atomic E-state index is 0.471. The molecular weight excluding hydrogens is 252 g/mol. The van der Waals surface area contributed by atoms with Crippen LogP contribution in [0.3, 0.4) is 0 Å². The van der Waals surface area contributed by atoms with Crippen molar-refractivity contribution in [3.8, 4) is 22.4 Å². The van der Waals surface area contributed by atoms with Crippen LogP contribution >= 0.6 is 0 Å². The number of nitrogens with one attached hydrogen (secondary N) is 1. The van der Waals surface area contributed by atoms with Crippen LogP contribution in [0, 0.1) is 0 Å². The van der Waals surface area contributed by atoms with Crippen molar-refractivity contribution in [3.05, 3.63) is 36.4 Å². The molecule has 0 unspecified atom stereocenters. The summed E-state index contributed by atoms with van der Waals surface area (Å²) in [5, 5.41) is 11.6. The highest BCUT2D eigenvalue weighted by molar-refractivity contribution is 5.87. The maximum absolute atomic E-state index is 6.01. The largest absolute Gasteiger partial charge is 0.382 e. The Labute approximate surface area is 116 Å². The number of aryl methyl sites for hydroxylation is 2. The predicted molar refractivity (Wildman–Crippen MR) is 77.8 cm³/mol. The number of aromatic amines is 1. The van der Waals surface area contributed by atoms with Crippen LogP contribution in [0.25, 0.3) is 22.4 Å². The van der Waals surface area contributed by atoms with E-state index in [0.29, 0.717) is 5.82 Å². The summed E-state index contributed by atoms with van der Waals surface area (Å²) < 4.78 is 1.80. The molecule has 0 spiro atoms. The molecule has 3 aromatic rings. The van der Waals surface area contributed by atoms with Gasteiger partial charge in [0.05, 0.1) is 17.0 Å². The molecule has 0 radical (unpaired) electrons. The Bertz CT molecular complexity index is 725. The van der Waals surface area contributed by atoms with Gasteiger partial charge in [0.1, 0.15) is 0 Å². The Kier molecular flexibility index (Phi) is 2.98. The van der Waals surface area contributed by atoms with Crippen LogP contribution in [0.15, 0.2) is 30.7 Å². The Morgan fingerprint density at radius 3 is 2.95 bits per heavy atom. The lowest BCUT2D eigenvalue weighted by Crippen LogP contribution is -1.91. The van der Waals surface area contributed by atoms with E-state index >= 15 is 0 Å². The van der Waals surface area contributed by atoms with Crippen LogP contribution in [0.4, 0.5) is 5.82 Å². The minimum Gasteiger partial charge on any atom is -0.382 e. The number of nitrogens with two attached hydrogens (primary N) is 1. The van der Waals surface area contributed by atoms with E-state index in [1.807, 2.05) is 25.4 Å². The smallest absolute Gasteiger partial charge is 0.153 e. The van der Waals surface area contributed by atoms with Crippen molar-refractivity contribution < 1.29 is 0 Å². The van der Waals surface area contributed by atoms with Gasteiger partial charge in [-0.25, -0.2) is 0 Å². The summed E-state index contributed by atoms with van der Waals surface area (Å²) in [5.41, 5.74) is 10.8. The van der Waals surface area contributed by atoms with Crippen molar-refractivity contribution in [2.24, 2.45) is 7.05 Å². The lowest BCUT2D eigenvalue weighted by atomic mass is 10.0. The average Bonchev–Trinajstić information content (AvgIpc) is 3.02. The molecule has 0 aliphatic heterocycles. The van der Waals surface area contributed by atoms with E-state index in [1.165, 1.54) is 0 Å². The van der Waals surface area contributed by atoms with Crippen LogP contribution < -0.4 is 5.73 Å². The van der Waals surface area contributed by atoms with Gasteiger partial charge in [-0.1, -0.05) is 13.0 Å². The van der Waals surface area contributed by atoms with E-state index in [1.54, 1.807) is 17.1 Å². The first-order valence-electron chi connectivity index (χ1n) is 6.47. The monoisotopic (exact) mass is 268 g/mol. The summed E-state index contributed by atoms with van der Waals surface area (Å²) in [6.45, 7) is 2.08. The van der Waals surface area contributed by atoms with Gasteiger partial charge in [-0.05, 0) is 12.5 Å². The molecule has 0 bridgehead atoms. The lowest BCUT2D eigenvalue weighted by Gasteiger charge is -2.03. The first kappa shape index (κ1) is 12.4. The molecule has 20 heavy (non-hydrogen) atoms. The molecule has 3 heterocycles. The summed E-state index contributed by atoms with van der Waals surface area (Å²) in [6, 6.07) is 3.86. The summed E-state index contributed by atoms with van der Waals surface area (Å²) in [6.07, 6.45) is 6.35. The van der Waals surface area contributed by atoms with E-state index in [4.69, 9.17) is 5.73 Å². The highest BCUT2D eigenvalue weighted by Crippen LogP contribution is 2.35. The normalized spacial score (nSPS) is 10.9. The molecule has 0 aromatic carbocycles. The van der Waals surface area contributed by atoms with E-state index in [2.05, 4.69) is 27.2 Å². The molecule has 3 N–H and O–H groups in total. The van der Waals surface area contributed by atoms with Crippen LogP contribution in [0.1, 0.15) is 12.6 Å². The van der Waals surface area contributed by atoms with Crippen molar-refractivity contribution in [3.63, 3.8) is 0 Å². The third-order valence-corrected chi connectivity index (χ3v) is 3.25. The third kappa shape index (κ3) is 1.95. The zero-order valence-electron chi connectivity index (χ0n) is 11.5. The fourth-order valence-electron chi connectivity index (χ4n) is 2.36. The average molecular weight is 268 g/mol. The van der Waals surface area contributed by atoms with Crippen LogP contribution in [-0.2, 0) is 13.5 Å². The van der Waals surface area contributed by atoms with Gasteiger partial charge >= 0.3 is 0 Å². The first-order chi connectivity index (χ1) is 9.70. The number of pyridine rings is 1. The molecular formula is C14H16N6. The van der Waals surface area contributed by atoms with Crippen molar-refractivity contribution in [1.29, 1.82) is 0 Å². The van der Waals surface area contributed by atoms with Crippen molar-refractivity contribution in [2.75, 3.05) is 5.73 Å². The molecule has 3 rings (SSSR count). The highest BCUT2D eigenvalue weighted by atomic mass is 15.3. The second kappa shape index (κ2) is 4.80. The van der Waals surface area contributed by atoms with Crippen molar-refractivity contribution >= 4 is 5.82 Å². The Balaban J connectivity index is 2.21. The SMILES string of the molecule is CCc1nn(C)cc1-c1[nH]nc(N)c1-c1cccnc1. The molecule has 0 aliphatic carbocycles. The summed E-state index contributed by atoms with van der Waals surface area (Å²) >= 11 is 0. The van der Waals surface area contributed by atoms with Gasteiger partial charge in [0.2, 0.25) is 0 Å². The Morgan fingerprint density at radius 2 is 2.25 bits per heavy atom. The van der Waals surface area contributed by atoms with Crippen molar-refractivity contribution in [1.82, 2.24) is 25.0 Å². The quantitative estimate of drug-likeness (QED) is 0.761. The standard InChI is InChI=1S/C14H16N6/c1-3-11-10(8-20(2)19-11)13-12(14(15)18-17-13)9-5-4-6-16-7-9/h4-8H,3H2,1-2H3,(H3,15,17,18). The summed E-state index contributed by atoms with van der Waals surface area (Å²) in [4.78, 5) is 4.15. The molecule has 0 aliphatic rings. The van der Waals surface area contributed by atoms with Gasteiger partial charge in [-0.15, -0.1) is 0 Å². The molecule has 102 valence electrons. The Morgan fingerprint density at radius 1 is 1.40 bits per heavy atom. The van der Waals surface area contributed by atoms with Gasteiger partial charge in [-0.2, -0.15) is 10.2 Å². The molecule has 0 amide bonds. The number of anilines is 1. The maximum atomic E-state index is 6.01. The number of nitrogens with zero attached hydrogens (tertiary/aromatic N) is 4. The molecule has 0 fully saturated rings. The predicted octanol–water partition coefficient (Wildman–Crippen LogP) is 2.02. The number of rotatable bonds is 3. The van der Waals surface area contributed by atoms with Gasteiger partial charge in [0.25, 0.3) is 0 Å². The van der Waals surface area contributed by atoms with Crippen molar-refractivity contribution in [2.45, 2.75) is 13.3 Å². The number of hydrogen-bond acceptors (Lipinski definition) is 4. The summed E-state index contributed by atoms with van der Waals surface area (Å²) in [7, 11) is 1.91. The number of H-pyrrole nitrogens is 1. The van der Waals surface area contributed by atoms with Crippen LogP contribution in [0.2, 0.25) is 0 Å². The second-order valence-corrected chi connectivity index (χ2v) is 4.62. The molecule has 6 heteroatoms. The first-order valence-corrected chi connectivity index (χ1v) is 6.47. The molecule has 0 saturated heterocycles. The maximum Gasteiger partial charge on any atom is 0.153 e. The fourth-order valence-corrected chi connectivity index (χ4v) is 2.36. The molecule has 3 aromatic heterocycles. The fraction of sp³-hybridized carbons (Fsp3) is 0.214. The third-order valence-electron chi connectivity index (χ3n) is 3.25. The topological polar surface area (TPSA) is 85.4 Å². The van der Waals surface area contributed by atoms with Gasteiger partial charge in [0, 0.05) is 36.8 Å². The van der Waals surface area contributed by atoms with E-state index in [0.717, 1.165) is 34.5 Å². The van der Waals surface area contributed by atoms with E-state index in [-0.39, 0.29) is 0 Å². The number of hydrogen-bond donors (Lipinski definition) is 2. The zero-order valence-corrected chi connectivity index (χ0v) is 11.5. The van der Waals surface area contributed by atoms with Crippen LogP contribution in [-0.4, -0.2) is 25.0 Å². The van der Waals surface area contributed by atoms with E-state index < -0.39 is 0 Å². The molecule has 0 saturated carbocycles. The number of nitrogen functional groups attached to an aromatic ring is 1. The van der Waals surface area contributed by atoms with Gasteiger partial charge in [-0.3, -0.25) is 14.8 Å². The second-order valence-electron chi connectivity index (χ2n) is 4.62. The zero-order chi connectivity index (χ0) is 14.1. The molecule has 6 nitrogen and oxygen atoms in total. The van der Waals surface area contributed by atoms with Gasteiger partial charge < -0.3 is 5.73 Å². The summed E-state index contributed by atoms with van der Waals surface area (Å²) in [5.74, 6) is 0.471. The number of aromatic nitrogens is 5. The lowest BCUT2D eigenvalue weighted by molar-refractivity contribution is 0.746. The minimum absolute atomic E-state index is 0.471. The highest BCUT2D eigenvalue weighted by Gasteiger charge is 2.18. The van der Waals surface area contributed by atoms with Crippen LogP contribution in [0.5, 0.6) is 0 Å². The Hall–Kier alpha value is -2.63. The van der Waals surface area contributed by atoms with E-state index in [9.17, 15) is 0 Å². The molecule has 0 atom stereocenters. The van der Waals surface area contributed by atoms with Gasteiger partial charge in [0.15, 0.2) is 5.82 Å².